The van der Waals surface area contributed by atoms with Crippen LogP contribution in [0.2, 0.25) is 0 Å². The van der Waals surface area contributed by atoms with Crippen molar-refractivity contribution in [2.75, 3.05) is 44.7 Å². The normalized spacial score (nSPS) is 19.6. The van der Waals surface area contributed by atoms with Crippen molar-refractivity contribution in [3.05, 3.63) is 65.2 Å². The Kier molecular flexibility index (Phi) is 8.77. The average molecular weight is 563 g/mol. The number of anilines is 1. The Morgan fingerprint density at radius 1 is 1.05 bits per heavy atom. The lowest BCUT2D eigenvalue weighted by molar-refractivity contribution is -0.171. The van der Waals surface area contributed by atoms with Gasteiger partial charge >= 0.3 is 18.2 Å². The van der Waals surface area contributed by atoms with Crippen LogP contribution in [0.4, 0.5) is 23.7 Å². The number of fused-ring (bicyclic) bond motifs is 1. The van der Waals surface area contributed by atoms with Crippen LogP contribution in [0.15, 0.2) is 48.5 Å². The molecule has 2 heterocycles. The number of aliphatic hydroxyl groups is 1. The number of amides is 2. The summed E-state index contributed by atoms with van der Waals surface area (Å²) in [7, 11) is 1.95. The molecule has 1 N–H and O–H groups in total. The van der Waals surface area contributed by atoms with Crippen LogP contribution in [0.25, 0.3) is 0 Å². The molecule has 2 atom stereocenters. The van der Waals surface area contributed by atoms with Gasteiger partial charge in [0.1, 0.15) is 11.8 Å². The van der Waals surface area contributed by atoms with E-state index < -0.39 is 36.6 Å². The number of hydrogen-bond donors (Lipinski definition) is 1. The van der Waals surface area contributed by atoms with Gasteiger partial charge in [-0.05, 0) is 57.0 Å². The molecule has 218 valence electrons. The maximum absolute atomic E-state index is 13.9. The van der Waals surface area contributed by atoms with E-state index in [1.807, 2.05) is 37.4 Å². The summed E-state index contributed by atoms with van der Waals surface area (Å²) in [6.45, 7) is 6.71. The number of aliphatic hydroxyl groups excluding tert-OH is 1. The van der Waals surface area contributed by atoms with Crippen molar-refractivity contribution < 1.29 is 32.6 Å². The molecule has 2 aromatic carbocycles. The van der Waals surface area contributed by atoms with Crippen molar-refractivity contribution in [3.63, 3.8) is 0 Å². The second-order valence-electron chi connectivity index (χ2n) is 11.4. The molecule has 0 bridgehead atoms. The predicted molar refractivity (Wildman–Crippen MR) is 145 cm³/mol. The number of carbonyl (C=O) groups excluding carboxylic acids is 2. The molecule has 2 aromatic rings. The Labute approximate surface area is 232 Å². The van der Waals surface area contributed by atoms with Crippen LogP contribution in [0.5, 0.6) is 0 Å². The van der Waals surface area contributed by atoms with E-state index >= 15 is 0 Å². The van der Waals surface area contributed by atoms with Gasteiger partial charge in [-0.2, -0.15) is 13.2 Å². The number of carbonyl (C=O) groups is 2. The molecule has 0 spiro atoms. The van der Waals surface area contributed by atoms with Crippen molar-refractivity contribution in [1.29, 1.82) is 0 Å². The first-order valence-corrected chi connectivity index (χ1v) is 13.4. The molecule has 2 aliphatic rings. The summed E-state index contributed by atoms with van der Waals surface area (Å²) in [5.41, 5.74) is 1.51. The zero-order valence-corrected chi connectivity index (χ0v) is 23.3. The standard InChI is InChI=1S/C29H37F3N4O4/c1-28(2,3)40-27(39)34-14-13-22-21(17-34)11-8-12-23(22)36(26(38)29(30,31)32)19-25(37)35-16-15-33(4)18-24(35)20-9-6-5-7-10-20/h5-12,24-25,37H,13-19H2,1-4H3. The maximum atomic E-state index is 13.9. The van der Waals surface area contributed by atoms with E-state index in [2.05, 4.69) is 4.90 Å². The number of alkyl halides is 3. The van der Waals surface area contributed by atoms with E-state index in [4.69, 9.17) is 4.74 Å². The molecule has 2 aliphatic heterocycles. The molecule has 0 aliphatic carbocycles. The minimum Gasteiger partial charge on any atom is -0.444 e. The molecular weight excluding hydrogens is 525 g/mol. The van der Waals surface area contributed by atoms with Crippen molar-refractivity contribution >= 4 is 17.7 Å². The van der Waals surface area contributed by atoms with E-state index in [-0.39, 0.29) is 31.2 Å². The summed E-state index contributed by atoms with van der Waals surface area (Å²) in [5, 5.41) is 11.3. The van der Waals surface area contributed by atoms with Crippen LogP contribution in [-0.4, -0.2) is 89.6 Å². The molecule has 40 heavy (non-hydrogen) atoms. The number of ether oxygens (including phenoxy) is 1. The molecule has 11 heteroatoms. The van der Waals surface area contributed by atoms with Crippen molar-refractivity contribution in [3.8, 4) is 0 Å². The molecule has 0 saturated carbocycles. The van der Waals surface area contributed by atoms with Gasteiger partial charge in [0.25, 0.3) is 0 Å². The van der Waals surface area contributed by atoms with Crippen molar-refractivity contribution in [2.24, 2.45) is 0 Å². The summed E-state index contributed by atoms with van der Waals surface area (Å²) in [4.78, 5) is 31.4. The number of likely N-dealkylation sites (N-methyl/N-ethyl adjacent to an activating group) is 1. The van der Waals surface area contributed by atoms with Crippen LogP contribution in [0.3, 0.4) is 0 Å². The molecule has 0 aromatic heterocycles. The number of benzene rings is 2. The highest BCUT2D eigenvalue weighted by molar-refractivity contribution is 5.98. The minimum atomic E-state index is -5.14. The average Bonchev–Trinajstić information content (AvgIpc) is 2.89. The maximum Gasteiger partial charge on any atom is 0.471 e. The lowest BCUT2D eigenvalue weighted by Crippen LogP contribution is -2.56. The van der Waals surface area contributed by atoms with E-state index in [0.717, 1.165) is 5.56 Å². The Morgan fingerprint density at radius 2 is 1.75 bits per heavy atom. The SMILES string of the molecule is CN1CCN(C(O)CN(C(=O)C(F)(F)F)c2cccc3c2CCN(C(=O)OC(C)(C)C)C3)C(c2ccccc2)C1. The molecule has 8 nitrogen and oxygen atoms in total. The first kappa shape index (κ1) is 29.8. The van der Waals surface area contributed by atoms with Crippen molar-refractivity contribution in [1.82, 2.24) is 14.7 Å². The Hall–Kier alpha value is -3.15. The third-order valence-electron chi connectivity index (χ3n) is 7.21. The largest absolute Gasteiger partial charge is 0.471 e. The molecule has 2 unspecified atom stereocenters. The second-order valence-corrected chi connectivity index (χ2v) is 11.4. The van der Waals surface area contributed by atoms with Crippen LogP contribution in [-0.2, 0) is 22.5 Å². The lowest BCUT2D eigenvalue weighted by atomic mass is 9.97. The summed E-state index contributed by atoms with van der Waals surface area (Å²) in [6, 6.07) is 14.0. The smallest absolute Gasteiger partial charge is 0.444 e. The first-order chi connectivity index (χ1) is 18.7. The fourth-order valence-corrected chi connectivity index (χ4v) is 5.30. The minimum absolute atomic E-state index is 0.0908. The van der Waals surface area contributed by atoms with Gasteiger partial charge in [-0.25, -0.2) is 4.79 Å². The number of hydrogen-bond acceptors (Lipinski definition) is 6. The quantitative estimate of drug-likeness (QED) is 0.590. The number of nitrogens with zero attached hydrogens (tertiary/aromatic N) is 4. The van der Waals surface area contributed by atoms with Gasteiger partial charge in [0.05, 0.1) is 6.54 Å². The first-order valence-electron chi connectivity index (χ1n) is 13.4. The highest BCUT2D eigenvalue weighted by Gasteiger charge is 2.45. The van der Waals surface area contributed by atoms with Gasteiger partial charge in [-0.3, -0.25) is 9.69 Å². The molecule has 1 saturated heterocycles. The Balaban J connectivity index is 1.63. The Bertz CT molecular complexity index is 1200. The van der Waals surface area contributed by atoms with Gasteiger partial charge in [-0.1, -0.05) is 42.5 Å². The monoisotopic (exact) mass is 562 g/mol. The Morgan fingerprint density at radius 3 is 2.40 bits per heavy atom. The summed E-state index contributed by atoms with van der Waals surface area (Å²) in [6.07, 6.45) is -6.75. The number of halogens is 3. The molecular formula is C29H37F3N4O4. The molecule has 1 fully saturated rings. The van der Waals surface area contributed by atoms with Gasteiger partial charge in [-0.15, -0.1) is 0 Å². The third kappa shape index (κ3) is 6.94. The zero-order valence-electron chi connectivity index (χ0n) is 23.3. The predicted octanol–water partition coefficient (Wildman–Crippen LogP) is 4.18. The van der Waals surface area contributed by atoms with Gasteiger partial charge in [0, 0.05) is 44.5 Å². The van der Waals surface area contributed by atoms with Crippen molar-refractivity contribution in [2.45, 2.75) is 57.8 Å². The fraction of sp³-hybridized carbons (Fsp3) is 0.517. The summed E-state index contributed by atoms with van der Waals surface area (Å²) < 4.78 is 47.1. The molecule has 0 radical (unpaired) electrons. The summed E-state index contributed by atoms with van der Waals surface area (Å²) >= 11 is 0. The van der Waals surface area contributed by atoms with E-state index in [0.29, 0.717) is 35.7 Å². The summed E-state index contributed by atoms with van der Waals surface area (Å²) in [5.74, 6) is -2.04. The fourth-order valence-electron chi connectivity index (χ4n) is 5.30. The van der Waals surface area contributed by atoms with Gasteiger partial charge in [0.15, 0.2) is 0 Å². The van der Waals surface area contributed by atoms with Crippen LogP contribution in [0, 0.1) is 0 Å². The molecule has 4 rings (SSSR count). The zero-order chi connectivity index (χ0) is 29.2. The van der Waals surface area contributed by atoms with E-state index in [1.165, 1.54) is 11.0 Å². The van der Waals surface area contributed by atoms with E-state index in [1.54, 1.807) is 37.8 Å². The van der Waals surface area contributed by atoms with Crippen LogP contribution < -0.4 is 4.90 Å². The van der Waals surface area contributed by atoms with Gasteiger partial charge in [0.2, 0.25) is 0 Å². The number of piperazine rings is 1. The molecule has 2 amide bonds. The van der Waals surface area contributed by atoms with Crippen LogP contribution >= 0.6 is 0 Å². The highest BCUT2D eigenvalue weighted by Crippen LogP contribution is 2.34. The van der Waals surface area contributed by atoms with Gasteiger partial charge < -0.3 is 24.5 Å². The van der Waals surface area contributed by atoms with E-state index in [9.17, 15) is 27.9 Å². The lowest BCUT2D eigenvalue weighted by Gasteiger charge is -2.44. The third-order valence-corrected chi connectivity index (χ3v) is 7.21. The second kappa shape index (κ2) is 11.8. The highest BCUT2D eigenvalue weighted by atomic mass is 19.4. The van der Waals surface area contributed by atoms with Crippen LogP contribution in [0.1, 0.15) is 43.5 Å². The number of rotatable bonds is 5. The topological polar surface area (TPSA) is 76.6 Å².